The van der Waals surface area contributed by atoms with E-state index in [1.54, 1.807) is 12.5 Å². The molecule has 0 amide bonds. The van der Waals surface area contributed by atoms with Crippen LogP contribution in [-0.4, -0.2) is 18.7 Å². The maximum atomic E-state index is 5.99. The summed E-state index contributed by atoms with van der Waals surface area (Å²) in [6, 6.07) is 14.3. The zero-order valence-electron chi connectivity index (χ0n) is 12.9. The van der Waals surface area contributed by atoms with Gasteiger partial charge in [-0.3, -0.25) is 0 Å². The van der Waals surface area contributed by atoms with Crippen LogP contribution in [0.1, 0.15) is 19.4 Å². The Hall–Kier alpha value is -1.91. The van der Waals surface area contributed by atoms with E-state index in [9.17, 15) is 0 Å². The molecule has 1 atom stereocenters. The van der Waals surface area contributed by atoms with Gasteiger partial charge in [0.05, 0.1) is 12.7 Å². The van der Waals surface area contributed by atoms with Gasteiger partial charge in [-0.15, -0.1) is 0 Å². The Morgan fingerprint density at radius 2 is 2.00 bits per heavy atom. The molecule has 1 unspecified atom stereocenters. The Morgan fingerprint density at radius 1 is 1.23 bits per heavy atom. The van der Waals surface area contributed by atoms with E-state index >= 15 is 0 Å². The van der Waals surface area contributed by atoms with Crippen LogP contribution in [0.25, 0.3) is 11.1 Å². The average molecular weight is 313 g/mol. The van der Waals surface area contributed by atoms with Crippen molar-refractivity contribution in [1.29, 1.82) is 0 Å². The third kappa shape index (κ3) is 2.60. The van der Waals surface area contributed by atoms with Gasteiger partial charge >= 0.3 is 0 Å². The highest BCUT2D eigenvalue weighted by atomic mass is 32.1. The van der Waals surface area contributed by atoms with Gasteiger partial charge in [-0.1, -0.05) is 36.5 Å². The Bertz CT molecular complexity index is 712. The van der Waals surface area contributed by atoms with Crippen LogP contribution in [0.15, 0.2) is 42.5 Å². The number of hydrogen-bond donors (Lipinski definition) is 1. The fourth-order valence-electron chi connectivity index (χ4n) is 2.84. The standard InChI is InChI=1S/C18H19NO2S/c1-18(2)14-10-12(13-6-4-5-7-16(13)20-3)8-9-15(14)19-17(11-22)21-18/h4-11,17,19H,1-3H3. The molecule has 0 spiro atoms. The molecule has 1 heterocycles. The van der Waals surface area contributed by atoms with Gasteiger partial charge in [-0.25, -0.2) is 0 Å². The predicted molar refractivity (Wildman–Crippen MR) is 93.6 cm³/mol. The molecule has 3 rings (SSSR count). The molecule has 0 fully saturated rings. The van der Waals surface area contributed by atoms with E-state index in [1.165, 1.54) is 0 Å². The van der Waals surface area contributed by atoms with E-state index in [0.29, 0.717) is 0 Å². The normalized spacial score (nSPS) is 19.0. The van der Waals surface area contributed by atoms with E-state index in [1.807, 2.05) is 18.2 Å². The van der Waals surface area contributed by atoms with Crippen LogP contribution in [0.3, 0.4) is 0 Å². The number of anilines is 1. The third-order valence-electron chi connectivity index (χ3n) is 3.93. The molecule has 0 bridgehead atoms. The monoisotopic (exact) mass is 313 g/mol. The molecule has 4 heteroatoms. The lowest BCUT2D eigenvalue weighted by molar-refractivity contribution is -0.0406. The average Bonchev–Trinajstić information content (AvgIpc) is 2.54. The van der Waals surface area contributed by atoms with Crippen molar-refractivity contribution in [2.75, 3.05) is 12.4 Å². The Kier molecular flexibility index (Phi) is 3.89. The highest BCUT2D eigenvalue weighted by Gasteiger charge is 2.32. The molecule has 0 aliphatic carbocycles. The fourth-order valence-corrected chi connectivity index (χ4v) is 2.97. The molecule has 0 saturated heterocycles. The van der Waals surface area contributed by atoms with Gasteiger partial charge < -0.3 is 14.8 Å². The minimum Gasteiger partial charge on any atom is -0.496 e. The lowest BCUT2D eigenvalue weighted by Gasteiger charge is -2.37. The van der Waals surface area contributed by atoms with Crippen molar-refractivity contribution in [1.82, 2.24) is 0 Å². The Balaban J connectivity index is 2.10. The van der Waals surface area contributed by atoms with Crippen molar-refractivity contribution in [3.63, 3.8) is 0 Å². The van der Waals surface area contributed by atoms with Gasteiger partial charge in [-0.2, -0.15) is 0 Å². The first-order valence-electron chi connectivity index (χ1n) is 7.23. The second-order valence-electron chi connectivity index (χ2n) is 5.79. The van der Waals surface area contributed by atoms with Crippen LogP contribution < -0.4 is 10.1 Å². The quantitative estimate of drug-likeness (QED) is 0.853. The lowest BCUT2D eigenvalue weighted by atomic mass is 9.90. The number of hydrogen-bond acceptors (Lipinski definition) is 4. The van der Waals surface area contributed by atoms with E-state index in [2.05, 4.69) is 43.4 Å². The number of para-hydroxylation sites is 1. The van der Waals surface area contributed by atoms with Crippen molar-refractivity contribution in [2.45, 2.75) is 25.7 Å². The molecule has 114 valence electrons. The number of methoxy groups -OCH3 is 1. The molecule has 3 nitrogen and oxygen atoms in total. The van der Waals surface area contributed by atoms with Crippen molar-refractivity contribution >= 4 is 23.3 Å². The Labute approximate surface area is 136 Å². The van der Waals surface area contributed by atoms with Gasteiger partial charge in [-0.05, 0) is 37.6 Å². The van der Waals surface area contributed by atoms with Gasteiger partial charge in [0.15, 0.2) is 6.23 Å². The van der Waals surface area contributed by atoms with Crippen LogP contribution >= 0.6 is 12.2 Å². The van der Waals surface area contributed by atoms with Gasteiger partial charge in [0.1, 0.15) is 5.75 Å². The topological polar surface area (TPSA) is 30.5 Å². The molecule has 1 N–H and O–H groups in total. The predicted octanol–water partition coefficient (Wildman–Crippen LogP) is 4.37. The first kappa shape index (κ1) is 15.0. The van der Waals surface area contributed by atoms with E-state index in [0.717, 1.165) is 28.1 Å². The first-order chi connectivity index (χ1) is 10.5. The van der Waals surface area contributed by atoms with Crippen LogP contribution in [-0.2, 0) is 10.3 Å². The molecule has 22 heavy (non-hydrogen) atoms. The molecule has 1 aliphatic heterocycles. The molecular weight excluding hydrogens is 294 g/mol. The van der Waals surface area contributed by atoms with Crippen LogP contribution in [0.2, 0.25) is 0 Å². The number of nitrogens with one attached hydrogen (secondary N) is 1. The van der Waals surface area contributed by atoms with Crippen LogP contribution in [0.4, 0.5) is 5.69 Å². The smallest absolute Gasteiger partial charge is 0.158 e. The second-order valence-corrected chi connectivity index (χ2v) is 6.06. The number of rotatable bonds is 3. The van der Waals surface area contributed by atoms with E-state index in [-0.39, 0.29) is 6.23 Å². The summed E-state index contributed by atoms with van der Waals surface area (Å²) >= 11 is 5.01. The summed E-state index contributed by atoms with van der Waals surface area (Å²) in [6.07, 6.45) is -0.241. The third-order valence-corrected chi connectivity index (χ3v) is 4.18. The van der Waals surface area contributed by atoms with Crippen molar-refractivity contribution in [3.05, 3.63) is 48.0 Å². The van der Waals surface area contributed by atoms with Crippen molar-refractivity contribution in [3.8, 4) is 16.9 Å². The zero-order chi connectivity index (χ0) is 15.7. The van der Waals surface area contributed by atoms with Gasteiger partial charge in [0.2, 0.25) is 0 Å². The van der Waals surface area contributed by atoms with Crippen molar-refractivity contribution in [2.24, 2.45) is 0 Å². The summed E-state index contributed by atoms with van der Waals surface area (Å²) in [6.45, 7) is 4.12. The summed E-state index contributed by atoms with van der Waals surface area (Å²) < 4.78 is 11.5. The minimum absolute atomic E-state index is 0.241. The highest BCUT2D eigenvalue weighted by molar-refractivity contribution is 7.79. The zero-order valence-corrected chi connectivity index (χ0v) is 13.7. The number of benzene rings is 2. The lowest BCUT2D eigenvalue weighted by Crippen LogP contribution is -2.39. The second kappa shape index (κ2) is 5.71. The summed E-state index contributed by atoms with van der Waals surface area (Å²) in [7, 11) is 1.69. The maximum absolute atomic E-state index is 5.99. The molecular formula is C18H19NO2S. The SMILES string of the molecule is COc1ccccc1-c1ccc2c(c1)C(C)(C)OC(C=S)N2. The summed E-state index contributed by atoms with van der Waals surface area (Å²) in [4.78, 5) is 0. The summed E-state index contributed by atoms with van der Waals surface area (Å²) in [5.41, 5.74) is 3.94. The number of fused-ring (bicyclic) bond motifs is 1. The maximum Gasteiger partial charge on any atom is 0.158 e. The molecule has 2 aromatic rings. The van der Waals surface area contributed by atoms with Crippen LogP contribution in [0, 0.1) is 0 Å². The minimum atomic E-state index is -0.404. The van der Waals surface area contributed by atoms with E-state index in [4.69, 9.17) is 21.7 Å². The molecule has 0 aromatic heterocycles. The largest absolute Gasteiger partial charge is 0.496 e. The highest BCUT2D eigenvalue weighted by Crippen LogP contribution is 2.40. The molecule has 0 saturated carbocycles. The number of ether oxygens (including phenoxy) is 2. The molecule has 1 aliphatic rings. The van der Waals surface area contributed by atoms with Gasteiger partial charge in [0.25, 0.3) is 0 Å². The van der Waals surface area contributed by atoms with Gasteiger partial charge in [0, 0.05) is 22.2 Å². The van der Waals surface area contributed by atoms with Crippen molar-refractivity contribution < 1.29 is 9.47 Å². The number of thiocarbonyl (C=S) groups is 1. The van der Waals surface area contributed by atoms with E-state index < -0.39 is 5.60 Å². The first-order valence-corrected chi connectivity index (χ1v) is 7.70. The van der Waals surface area contributed by atoms with Crippen LogP contribution in [0.5, 0.6) is 5.75 Å². The summed E-state index contributed by atoms with van der Waals surface area (Å²) in [5, 5.41) is 4.91. The summed E-state index contributed by atoms with van der Waals surface area (Å²) in [5.74, 6) is 0.863. The molecule has 0 radical (unpaired) electrons. The molecule has 2 aromatic carbocycles. The fraction of sp³-hybridized carbons (Fsp3) is 0.278. The Morgan fingerprint density at radius 3 is 2.73 bits per heavy atom.